The smallest absolute Gasteiger partial charge is 0.344 e. The third-order valence-corrected chi connectivity index (χ3v) is 5.94. The summed E-state index contributed by atoms with van der Waals surface area (Å²) in [5, 5.41) is 0.783. The van der Waals surface area contributed by atoms with Crippen LogP contribution in [0.15, 0.2) is 91.0 Å². The summed E-state index contributed by atoms with van der Waals surface area (Å²) < 4.78 is 7.59. The van der Waals surface area contributed by atoms with Gasteiger partial charge in [0.2, 0.25) is 11.8 Å². The van der Waals surface area contributed by atoms with E-state index in [0.717, 1.165) is 22.9 Å². The summed E-state index contributed by atoms with van der Waals surface area (Å²) in [6.45, 7) is 1.99. The number of esters is 1. The molecule has 1 aromatic heterocycles. The van der Waals surface area contributed by atoms with Crippen molar-refractivity contribution in [3.05, 3.63) is 108 Å². The number of ether oxygens (including phenoxy) is 1. The molecule has 4 aromatic rings. The van der Waals surface area contributed by atoms with E-state index in [0.29, 0.717) is 17.7 Å². The van der Waals surface area contributed by atoms with Crippen molar-refractivity contribution in [2.24, 2.45) is 0 Å². The summed E-state index contributed by atoms with van der Waals surface area (Å²) >= 11 is 0. The van der Waals surface area contributed by atoms with Crippen LogP contribution in [0, 0.1) is 0 Å². The number of hydrogen-bond acceptors (Lipinski definition) is 4. The fraction of sp³-hybridized carbons (Fsp3) is 0.167. The van der Waals surface area contributed by atoms with E-state index in [1.807, 2.05) is 60.7 Å². The molecule has 1 heterocycles. The van der Waals surface area contributed by atoms with E-state index in [-0.39, 0.29) is 24.1 Å². The maximum Gasteiger partial charge on any atom is 0.344 e. The molecule has 0 aliphatic heterocycles. The normalized spacial score (nSPS) is 11.1. The van der Waals surface area contributed by atoms with Crippen LogP contribution in [0.1, 0.15) is 28.4 Å². The van der Waals surface area contributed by atoms with Gasteiger partial charge in [-0.05, 0) is 49.3 Å². The zero-order valence-electron chi connectivity index (χ0n) is 20.4. The molecule has 0 aliphatic rings. The van der Waals surface area contributed by atoms with Crippen molar-refractivity contribution in [1.29, 1.82) is 0 Å². The molecule has 0 bridgehead atoms. The fourth-order valence-corrected chi connectivity index (χ4v) is 3.98. The fourth-order valence-electron chi connectivity index (χ4n) is 3.98. The first-order valence-electron chi connectivity index (χ1n) is 11.8. The van der Waals surface area contributed by atoms with Crippen LogP contribution in [-0.4, -0.2) is 40.7 Å². The van der Waals surface area contributed by atoms with Crippen LogP contribution in [0.4, 0.5) is 0 Å². The number of likely N-dealkylation sites (N-methyl/N-ethyl adjacent to an activating group) is 1. The van der Waals surface area contributed by atoms with E-state index >= 15 is 0 Å². The van der Waals surface area contributed by atoms with Gasteiger partial charge in [-0.25, -0.2) is 4.79 Å². The van der Waals surface area contributed by atoms with Crippen molar-refractivity contribution in [3.63, 3.8) is 0 Å². The highest BCUT2D eigenvalue weighted by Gasteiger charge is 2.23. The number of benzene rings is 3. The number of fused-ring (bicyclic) bond motifs is 1. The molecule has 4 rings (SSSR count). The molecule has 0 saturated heterocycles. The number of ketones is 1. The lowest BCUT2D eigenvalue weighted by molar-refractivity contribution is -0.130. The van der Waals surface area contributed by atoms with Crippen molar-refractivity contribution in [3.8, 4) is 5.88 Å². The van der Waals surface area contributed by atoms with E-state index in [2.05, 4.69) is 0 Å². The predicted molar refractivity (Wildman–Crippen MR) is 141 cm³/mol. The second-order valence-electron chi connectivity index (χ2n) is 8.57. The van der Waals surface area contributed by atoms with Gasteiger partial charge >= 0.3 is 5.97 Å². The zero-order valence-corrected chi connectivity index (χ0v) is 20.4. The number of para-hydroxylation sites is 1. The van der Waals surface area contributed by atoms with Gasteiger partial charge in [0, 0.05) is 24.5 Å². The van der Waals surface area contributed by atoms with Gasteiger partial charge in [0.25, 0.3) is 0 Å². The molecule has 0 saturated carbocycles. The highest BCUT2D eigenvalue weighted by molar-refractivity contribution is 6.00. The van der Waals surface area contributed by atoms with Crippen LogP contribution < -0.4 is 4.74 Å². The van der Waals surface area contributed by atoms with E-state index in [1.165, 1.54) is 13.0 Å². The third-order valence-electron chi connectivity index (χ3n) is 5.94. The molecule has 0 atom stereocenters. The van der Waals surface area contributed by atoms with E-state index in [4.69, 9.17) is 4.74 Å². The van der Waals surface area contributed by atoms with Crippen LogP contribution in [0.2, 0.25) is 0 Å². The van der Waals surface area contributed by atoms with Crippen molar-refractivity contribution < 1.29 is 19.1 Å². The number of carbonyl (C=O) groups is 3. The lowest BCUT2D eigenvalue weighted by Gasteiger charge is -2.19. The Morgan fingerprint density at radius 2 is 1.53 bits per heavy atom. The van der Waals surface area contributed by atoms with Gasteiger partial charge in [0.05, 0.1) is 11.1 Å². The quantitative estimate of drug-likeness (QED) is 0.245. The number of carbonyl (C=O) groups excluding carboxylic acids is 3. The number of aromatic nitrogens is 1. The molecule has 3 aromatic carbocycles. The molecular formula is C30H28N2O4. The SMILES string of the molecule is CC(=O)C=Cc1c(OC(=O)c2ccccc2)n(CC(=O)N(C)CCc2ccccc2)c2ccccc12. The average Bonchev–Trinajstić information content (AvgIpc) is 3.18. The predicted octanol–water partition coefficient (Wildman–Crippen LogP) is 5.16. The molecule has 0 spiro atoms. The van der Waals surface area contributed by atoms with Crippen molar-refractivity contribution in [2.45, 2.75) is 19.9 Å². The van der Waals surface area contributed by atoms with Gasteiger partial charge in [-0.15, -0.1) is 0 Å². The topological polar surface area (TPSA) is 68.6 Å². The summed E-state index contributed by atoms with van der Waals surface area (Å²) in [7, 11) is 1.77. The van der Waals surface area contributed by atoms with E-state index in [9.17, 15) is 14.4 Å². The zero-order chi connectivity index (χ0) is 25.5. The minimum Gasteiger partial charge on any atom is -0.405 e. The lowest BCUT2D eigenvalue weighted by Crippen LogP contribution is -2.32. The summed E-state index contributed by atoms with van der Waals surface area (Å²) in [6.07, 6.45) is 3.80. The molecule has 182 valence electrons. The lowest BCUT2D eigenvalue weighted by atomic mass is 10.1. The van der Waals surface area contributed by atoms with Gasteiger partial charge in [-0.2, -0.15) is 0 Å². The molecule has 0 unspecified atom stereocenters. The molecule has 0 radical (unpaired) electrons. The van der Waals surface area contributed by atoms with E-state index in [1.54, 1.807) is 46.9 Å². The Bertz CT molecular complexity index is 1410. The molecule has 0 N–H and O–H groups in total. The Labute approximate surface area is 210 Å². The van der Waals surface area contributed by atoms with Gasteiger partial charge in [0.1, 0.15) is 6.54 Å². The second-order valence-corrected chi connectivity index (χ2v) is 8.57. The molecular weight excluding hydrogens is 452 g/mol. The summed E-state index contributed by atoms with van der Waals surface area (Å²) in [6, 6.07) is 26.2. The average molecular weight is 481 g/mol. The molecule has 0 aliphatic carbocycles. The minimum atomic E-state index is -0.540. The van der Waals surface area contributed by atoms with Gasteiger partial charge in [0.15, 0.2) is 5.78 Å². The van der Waals surface area contributed by atoms with Crippen molar-refractivity contribution in [2.75, 3.05) is 13.6 Å². The first-order chi connectivity index (χ1) is 17.4. The maximum absolute atomic E-state index is 13.3. The Morgan fingerprint density at radius 1 is 0.889 bits per heavy atom. The van der Waals surface area contributed by atoms with E-state index < -0.39 is 5.97 Å². The molecule has 6 heteroatoms. The minimum absolute atomic E-state index is 0.0167. The van der Waals surface area contributed by atoms with Gasteiger partial charge in [-0.3, -0.25) is 9.59 Å². The number of allylic oxidation sites excluding steroid dienone is 1. The second kappa shape index (κ2) is 11.3. The number of amides is 1. The summed E-state index contributed by atoms with van der Waals surface area (Å²) in [4.78, 5) is 39.6. The third kappa shape index (κ3) is 5.78. The van der Waals surface area contributed by atoms with Crippen molar-refractivity contribution >= 4 is 34.6 Å². The number of nitrogens with zero attached hydrogens (tertiary/aromatic N) is 2. The van der Waals surface area contributed by atoms with Crippen LogP contribution in [-0.2, 0) is 22.6 Å². The maximum atomic E-state index is 13.3. The summed E-state index contributed by atoms with van der Waals surface area (Å²) in [5.41, 5.74) is 2.85. The molecule has 36 heavy (non-hydrogen) atoms. The van der Waals surface area contributed by atoms with Crippen LogP contribution in [0.5, 0.6) is 5.88 Å². The standard InChI is InChI=1S/C30H28N2O4/c1-22(33)17-18-26-25-15-9-10-16-27(25)32(29(26)36-30(35)24-13-7-4-8-14-24)21-28(34)31(2)20-19-23-11-5-3-6-12-23/h3-18H,19-21H2,1-2H3. The Kier molecular flexibility index (Phi) is 7.75. The Balaban J connectivity index is 1.68. The monoisotopic (exact) mass is 480 g/mol. The largest absolute Gasteiger partial charge is 0.405 e. The molecule has 0 fully saturated rings. The van der Waals surface area contributed by atoms with Gasteiger partial charge in [-0.1, -0.05) is 66.7 Å². The van der Waals surface area contributed by atoms with Crippen LogP contribution in [0.3, 0.4) is 0 Å². The Hall–Kier alpha value is -4.45. The first-order valence-corrected chi connectivity index (χ1v) is 11.8. The van der Waals surface area contributed by atoms with Crippen molar-refractivity contribution in [1.82, 2.24) is 9.47 Å². The first kappa shape index (κ1) is 24.7. The van der Waals surface area contributed by atoms with Crippen LogP contribution >= 0.6 is 0 Å². The van der Waals surface area contributed by atoms with Crippen LogP contribution in [0.25, 0.3) is 17.0 Å². The highest BCUT2D eigenvalue weighted by atomic mass is 16.5. The number of rotatable bonds is 9. The molecule has 1 amide bonds. The highest BCUT2D eigenvalue weighted by Crippen LogP contribution is 2.34. The summed E-state index contributed by atoms with van der Waals surface area (Å²) in [5.74, 6) is -0.566. The Morgan fingerprint density at radius 3 is 2.22 bits per heavy atom. The molecule has 6 nitrogen and oxygen atoms in total. The van der Waals surface area contributed by atoms with Gasteiger partial charge < -0.3 is 14.2 Å². The number of hydrogen-bond donors (Lipinski definition) is 0.